The van der Waals surface area contributed by atoms with Crippen molar-refractivity contribution in [2.24, 2.45) is 0 Å². The van der Waals surface area contributed by atoms with Gasteiger partial charge in [-0.25, -0.2) is 0 Å². The van der Waals surface area contributed by atoms with Crippen LogP contribution in [0.5, 0.6) is 0 Å². The first-order valence-electron chi connectivity index (χ1n) is 6.73. The van der Waals surface area contributed by atoms with Gasteiger partial charge in [-0.15, -0.1) is 0 Å². The molecule has 2 aliphatic carbocycles. The Morgan fingerprint density at radius 2 is 1.35 bits per heavy atom. The van der Waals surface area contributed by atoms with Gasteiger partial charge in [-0.3, -0.25) is 4.79 Å². The van der Waals surface area contributed by atoms with Crippen LogP contribution in [-0.4, -0.2) is 24.8 Å². The van der Waals surface area contributed by atoms with Crippen molar-refractivity contribution >= 4 is 102 Å². The lowest BCUT2D eigenvalue weighted by Crippen LogP contribution is -2.23. The van der Waals surface area contributed by atoms with Crippen LogP contribution in [0, 0.1) is 0 Å². The smallest absolute Gasteiger partial charge is 0.209 e. The number of fused-ring (bicyclic) bond motifs is 1. The number of benzene rings is 1. The zero-order chi connectivity index (χ0) is 16.9. The molecule has 0 amide bonds. The highest BCUT2D eigenvalue weighted by Crippen LogP contribution is 2.52. The summed E-state index contributed by atoms with van der Waals surface area (Å²) in [4.78, 5) is 14.6. The van der Waals surface area contributed by atoms with E-state index in [1.807, 2.05) is 49.3 Å². The molecule has 0 fully saturated rings. The maximum atomic E-state index is 12.7. The molecule has 0 saturated heterocycles. The van der Waals surface area contributed by atoms with Gasteiger partial charge in [-0.05, 0) is 108 Å². The molecule has 2 aliphatic rings. The van der Waals surface area contributed by atoms with Crippen molar-refractivity contribution < 1.29 is 4.79 Å². The molecule has 118 valence electrons. The average molecular weight is 753 g/mol. The predicted molar refractivity (Wildman–Crippen MR) is 130 cm³/mol. The van der Waals surface area contributed by atoms with Crippen molar-refractivity contribution in [2.75, 3.05) is 14.1 Å². The van der Waals surface area contributed by atoms with Gasteiger partial charge in [0.2, 0.25) is 5.78 Å². The standard InChI is InChI=1S/C17H11I4NO/c1-22(2)11-7-10(8-5-3-4-6-9(8)17(11)23)12-13(18)15(20)16(21)14(12)19/h3-7H,1-2H3. The van der Waals surface area contributed by atoms with Crippen LogP contribution in [0.4, 0.5) is 0 Å². The molecule has 0 unspecified atom stereocenters. The first kappa shape index (κ1) is 18.4. The third kappa shape index (κ3) is 3.09. The van der Waals surface area contributed by atoms with E-state index in [1.165, 1.54) is 19.9 Å². The number of carbonyl (C=O) groups is 1. The SMILES string of the molecule is CN(C)C1=CC(=C2C(I)=C(I)C(I)=C2I)c2ccccc2C1=O. The quantitative estimate of drug-likeness (QED) is 0.316. The molecule has 0 heterocycles. The second-order valence-corrected chi connectivity index (χ2v) is 9.66. The second kappa shape index (κ2) is 7.06. The summed E-state index contributed by atoms with van der Waals surface area (Å²) in [5.41, 5.74) is 4.91. The number of likely N-dealkylation sites (N-methyl/N-ethyl adjacent to an activating group) is 1. The van der Waals surface area contributed by atoms with Gasteiger partial charge in [0.1, 0.15) is 0 Å². The Labute approximate surface area is 190 Å². The molecule has 0 atom stereocenters. The molecular formula is C17H11I4NO. The molecule has 1 aromatic carbocycles. The Bertz CT molecular complexity index is 833. The summed E-state index contributed by atoms with van der Waals surface area (Å²) in [5, 5.41) is 0. The number of allylic oxidation sites excluding steroid dienone is 8. The highest BCUT2D eigenvalue weighted by atomic mass is 127. The third-order valence-electron chi connectivity index (χ3n) is 3.74. The van der Waals surface area contributed by atoms with Crippen molar-refractivity contribution in [3.63, 3.8) is 0 Å². The molecule has 0 N–H and O–H groups in total. The van der Waals surface area contributed by atoms with Crippen LogP contribution >= 0.6 is 90.4 Å². The highest BCUT2D eigenvalue weighted by molar-refractivity contribution is 14.1. The lowest BCUT2D eigenvalue weighted by molar-refractivity contribution is 0.100. The Morgan fingerprint density at radius 1 is 0.826 bits per heavy atom. The lowest BCUT2D eigenvalue weighted by atomic mass is 9.87. The molecule has 2 nitrogen and oxygen atoms in total. The van der Waals surface area contributed by atoms with Crippen LogP contribution in [0.25, 0.3) is 5.57 Å². The van der Waals surface area contributed by atoms with E-state index in [9.17, 15) is 4.79 Å². The minimum atomic E-state index is 0.0929. The van der Waals surface area contributed by atoms with Gasteiger partial charge >= 0.3 is 0 Å². The van der Waals surface area contributed by atoms with E-state index in [1.54, 1.807) is 0 Å². The van der Waals surface area contributed by atoms with Gasteiger partial charge in [-0.1, -0.05) is 24.3 Å². The topological polar surface area (TPSA) is 20.3 Å². The maximum Gasteiger partial charge on any atom is 0.209 e. The zero-order valence-corrected chi connectivity index (χ0v) is 20.9. The lowest BCUT2D eigenvalue weighted by Gasteiger charge is -2.24. The zero-order valence-electron chi connectivity index (χ0n) is 12.3. The average Bonchev–Trinajstić information content (AvgIpc) is 2.72. The molecular weight excluding hydrogens is 742 g/mol. The summed E-state index contributed by atoms with van der Waals surface area (Å²) in [6, 6.07) is 7.90. The van der Waals surface area contributed by atoms with Gasteiger partial charge in [-0.2, -0.15) is 0 Å². The number of hydrogen-bond donors (Lipinski definition) is 0. The summed E-state index contributed by atoms with van der Waals surface area (Å²) in [6.07, 6.45) is 2.04. The van der Waals surface area contributed by atoms with Gasteiger partial charge in [0.25, 0.3) is 0 Å². The molecule has 3 rings (SSSR count). The summed E-state index contributed by atoms with van der Waals surface area (Å²) >= 11 is 9.64. The van der Waals surface area contributed by atoms with Crippen molar-refractivity contribution in [1.29, 1.82) is 0 Å². The minimum absolute atomic E-state index is 0.0929. The Balaban J connectivity index is 2.39. The molecule has 23 heavy (non-hydrogen) atoms. The fraction of sp³-hybridized carbons (Fsp3) is 0.118. The van der Waals surface area contributed by atoms with E-state index >= 15 is 0 Å². The van der Waals surface area contributed by atoms with E-state index < -0.39 is 0 Å². The summed E-state index contributed by atoms with van der Waals surface area (Å²) in [6.45, 7) is 0. The number of Topliss-reactive ketones (excluding diaryl/α,β-unsaturated/α-hetero) is 1. The van der Waals surface area contributed by atoms with Crippen LogP contribution < -0.4 is 0 Å². The Kier molecular flexibility index (Phi) is 5.64. The maximum absolute atomic E-state index is 12.7. The largest absolute Gasteiger partial charge is 0.374 e. The fourth-order valence-corrected chi connectivity index (χ4v) is 6.90. The number of nitrogens with zero attached hydrogens (tertiary/aromatic N) is 1. The van der Waals surface area contributed by atoms with Crippen LogP contribution in [0.1, 0.15) is 15.9 Å². The Hall–Kier alpha value is 0.570. The first-order valence-corrected chi connectivity index (χ1v) is 11.0. The predicted octanol–water partition coefficient (Wildman–Crippen LogP) is 6.26. The molecule has 0 saturated carbocycles. The summed E-state index contributed by atoms with van der Waals surface area (Å²) in [5.74, 6) is 0.0929. The molecule has 0 spiro atoms. The number of halogens is 4. The molecule has 6 heteroatoms. The Morgan fingerprint density at radius 3 is 1.87 bits per heavy atom. The molecule has 0 aromatic heterocycles. The summed E-state index contributed by atoms with van der Waals surface area (Å²) in [7, 11) is 3.84. The molecule has 0 bridgehead atoms. The summed E-state index contributed by atoms with van der Waals surface area (Å²) < 4.78 is 5.07. The second-order valence-electron chi connectivity index (χ2n) is 5.34. The highest BCUT2D eigenvalue weighted by Gasteiger charge is 2.31. The van der Waals surface area contributed by atoms with Gasteiger partial charge in [0.15, 0.2) is 0 Å². The van der Waals surface area contributed by atoms with Crippen LogP contribution in [0.2, 0.25) is 0 Å². The van der Waals surface area contributed by atoms with Crippen molar-refractivity contribution in [3.8, 4) is 0 Å². The van der Waals surface area contributed by atoms with Crippen molar-refractivity contribution in [2.45, 2.75) is 0 Å². The van der Waals surface area contributed by atoms with E-state index in [0.717, 1.165) is 22.4 Å². The fourth-order valence-electron chi connectivity index (χ4n) is 2.62. The van der Waals surface area contributed by atoms with Crippen LogP contribution in [0.3, 0.4) is 0 Å². The van der Waals surface area contributed by atoms with Crippen molar-refractivity contribution in [1.82, 2.24) is 4.90 Å². The van der Waals surface area contributed by atoms with Crippen LogP contribution in [0.15, 0.2) is 55.9 Å². The van der Waals surface area contributed by atoms with E-state index in [4.69, 9.17) is 0 Å². The number of ketones is 1. The van der Waals surface area contributed by atoms with E-state index in [2.05, 4.69) is 90.4 Å². The minimum Gasteiger partial charge on any atom is -0.374 e. The van der Waals surface area contributed by atoms with Crippen molar-refractivity contribution in [3.05, 3.63) is 67.1 Å². The van der Waals surface area contributed by atoms with Crippen LogP contribution in [-0.2, 0) is 0 Å². The van der Waals surface area contributed by atoms with Gasteiger partial charge < -0.3 is 4.90 Å². The normalized spacial score (nSPS) is 17.8. The number of rotatable bonds is 1. The van der Waals surface area contributed by atoms with E-state index in [-0.39, 0.29) is 5.78 Å². The molecule has 1 aromatic rings. The number of carbonyl (C=O) groups excluding carboxylic acids is 1. The molecule has 0 radical (unpaired) electrons. The van der Waals surface area contributed by atoms with E-state index in [0.29, 0.717) is 0 Å². The monoisotopic (exact) mass is 753 g/mol. The third-order valence-corrected chi connectivity index (χ3v) is 11.2. The molecule has 0 aliphatic heterocycles. The van der Waals surface area contributed by atoms with Gasteiger partial charge in [0.05, 0.1) is 5.70 Å². The number of hydrogen-bond acceptors (Lipinski definition) is 2. The van der Waals surface area contributed by atoms with Gasteiger partial charge in [0, 0.05) is 39.6 Å². The first-order chi connectivity index (χ1) is 10.8.